The van der Waals surface area contributed by atoms with Gasteiger partial charge in [0.05, 0.1) is 0 Å². The van der Waals surface area contributed by atoms with Gasteiger partial charge in [-0.25, -0.2) is 0 Å². The van der Waals surface area contributed by atoms with E-state index in [1.54, 1.807) is 0 Å². The first-order valence-electron chi connectivity index (χ1n) is 19.8. The number of nitrogens with zero attached hydrogens (tertiary/aromatic N) is 1. The molecule has 6 aromatic carbocycles. The molecule has 2 aromatic heterocycles. The van der Waals surface area contributed by atoms with E-state index < -0.39 is 0 Å². The number of anilines is 2. The number of para-hydroxylation sites is 1. The van der Waals surface area contributed by atoms with Gasteiger partial charge in [-0.15, -0.1) is 0 Å². The Morgan fingerprint density at radius 3 is 2.28 bits per heavy atom. The molecule has 0 spiro atoms. The van der Waals surface area contributed by atoms with Crippen molar-refractivity contribution < 1.29 is 8.83 Å². The maximum absolute atomic E-state index is 6.48. The van der Waals surface area contributed by atoms with Crippen LogP contribution in [0.4, 0.5) is 11.4 Å². The quantitative estimate of drug-likeness (QED) is 0.153. The molecular weight excluding hydrogens is 695 g/mol. The van der Waals surface area contributed by atoms with E-state index >= 15 is 0 Å². The average molecular weight is 736 g/mol. The first-order chi connectivity index (χ1) is 28.2. The second kappa shape index (κ2) is 14.9. The number of rotatable bonds is 7. The van der Waals surface area contributed by atoms with E-state index in [1.807, 2.05) is 24.3 Å². The molecule has 3 heteroatoms. The summed E-state index contributed by atoms with van der Waals surface area (Å²) in [6, 6.07) is 43.0. The number of hydrogen-bond donors (Lipinski definition) is 0. The van der Waals surface area contributed by atoms with Crippen LogP contribution in [0.1, 0.15) is 30.4 Å². The van der Waals surface area contributed by atoms with Gasteiger partial charge in [0, 0.05) is 44.0 Å². The molecule has 2 aliphatic carbocycles. The minimum absolute atomic E-state index is 0.457. The Kier molecular flexibility index (Phi) is 8.97. The molecule has 57 heavy (non-hydrogen) atoms. The number of allylic oxidation sites excluding steroid dienone is 13. The van der Waals surface area contributed by atoms with Gasteiger partial charge in [-0.1, -0.05) is 134 Å². The summed E-state index contributed by atoms with van der Waals surface area (Å²) in [5.74, 6) is 0.457. The molecule has 0 amide bonds. The summed E-state index contributed by atoms with van der Waals surface area (Å²) in [7, 11) is 0. The molecule has 0 saturated heterocycles. The van der Waals surface area contributed by atoms with Crippen LogP contribution in [0.15, 0.2) is 215 Å². The number of fused-ring (bicyclic) bond motifs is 9. The van der Waals surface area contributed by atoms with Crippen molar-refractivity contribution in [1.82, 2.24) is 0 Å². The zero-order valence-corrected chi connectivity index (χ0v) is 31.6. The molecule has 1 unspecified atom stereocenters. The molecule has 0 fully saturated rings. The topological polar surface area (TPSA) is 29.5 Å². The van der Waals surface area contributed by atoms with Crippen molar-refractivity contribution in [1.29, 1.82) is 0 Å². The predicted molar refractivity (Wildman–Crippen MR) is 242 cm³/mol. The lowest BCUT2D eigenvalue weighted by molar-refractivity contribution is 0.643. The van der Waals surface area contributed by atoms with Crippen molar-refractivity contribution in [3.8, 4) is 0 Å². The van der Waals surface area contributed by atoms with Crippen molar-refractivity contribution >= 4 is 77.7 Å². The van der Waals surface area contributed by atoms with Gasteiger partial charge in [-0.3, -0.25) is 0 Å². The Morgan fingerprint density at radius 2 is 1.37 bits per heavy atom. The minimum Gasteiger partial charge on any atom is -0.456 e. The summed E-state index contributed by atoms with van der Waals surface area (Å²) in [4.78, 5) is 2.33. The van der Waals surface area contributed by atoms with E-state index in [4.69, 9.17) is 8.83 Å². The standard InChI is InChI=1S/C54H41NO2/c1-2-3-18-42(34-37-24-32-53-49(35-37)48-31-27-39-16-10-11-20-46(39)54(48)57-53)55(43-30-33-52-50(36-43)47-21-12-13-23-51(47)56-52)41-28-25-40(26-29-41)45-22-14-17-38-15-8-6-4-5-7-9-19-44(38)45/h2-6,8-14,16,18-36,38H,1,7,15,17H2/b5-4-,8-6-,18-3-,19-9-,42-34-. The lowest BCUT2D eigenvalue weighted by Gasteiger charge is -2.27. The van der Waals surface area contributed by atoms with Gasteiger partial charge in [0.15, 0.2) is 0 Å². The van der Waals surface area contributed by atoms with Gasteiger partial charge in [-0.2, -0.15) is 0 Å². The van der Waals surface area contributed by atoms with E-state index in [-0.39, 0.29) is 0 Å². The lowest BCUT2D eigenvalue weighted by Crippen LogP contribution is -2.15. The van der Waals surface area contributed by atoms with Gasteiger partial charge in [0.25, 0.3) is 0 Å². The highest BCUT2D eigenvalue weighted by Gasteiger charge is 2.21. The third-order valence-electron chi connectivity index (χ3n) is 11.2. The molecule has 0 saturated carbocycles. The van der Waals surface area contributed by atoms with E-state index in [2.05, 4.69) is 181 Å². The van der Waals surface area contributed by atoms with E-state index in [0.717, 1.165) is 91.2 Å². The second-order valence-corrected chi connectivity index (χ2v) is 14.8. The minimum atomic E-state index is 0.457. The Labute approximate surface area is 332 Å². The van der Waals surface area contributed by atoms with Crippen LogP contribution in [0.5, 0.6) is 0 Å². The maximum Gasteiger partial charge on any atom is 0.143 e. The third kappa shape index (κ3) is 6.47. The zero-order chi connectivity index (χ0) is 38.1. The highest BCUT2D eigenvalue weighted by molar-refractivity contribution is 6.15. The zero-order valence-electron chi connectivity index (χ0n) is 31.6. The Morgan fingerprint density at radius 1 is 0.614 bits per heavy atom. The molecule has 0 radical (unpaired) electrons. The first-order valence-corrected chi connectivity index (χ1v) is 19.8. The van der Waals surface area contributed by atoms with Gasteiger partial charge in [-0.05, 0) is 120 Å². The maximum atomic E-state index is 6.48. The van der Waals surface area contributed by atoms with Gasteiger partial charge >= 0.3 is 0 Å². The SMILES string of the molecule is C=C/C=C\C(=C\c1ccc2oc3c4ccccc4ccc3c2c1)N(c1ccc(C2=C3/C=C\C/C=C\C=C/CC3CC=C2)cc1)c1ccc2oc3ccccc3c2c1. The van der Waals surface area contributed by atoms with Crippen LogP contribution in [-0.4, -0.2) is 0 Å². The fraction of sp³-hybridized carbons (Fsp3) is 0.0741. The number of hydrogen-bond acceptors (Lipinski definition) is 3. The molecule has 0 aliphatic heterocycles. The van der Waals surface area contributed by atoms with Crippen LogP contribution < -0.4 is 4.90 Å². The summed E-state index contributed by atoms with van der Waals surface area (Å²) >= 11 is 0. The molecular formula is C54H41NO2. The van der Waals surface area contributed by atoms with Crippen LogP contribution in [-0.2, 0) is 0 Å². The summed E-state index contributed by atoms with van der Waals surface area (Å²) in [5, 5.41) is 6.66. The largest absolute Gasteiger partial charge is 0.456 e. The summed E-state index contributed by atoms with van der Waals surface area (Å²) in [6.07, 6.45) is 29.4. The summed E-state index contributed by atoms with van der Waals surface area (Å²) in [6.45, 7) is 4.04. The average Bonchev–Trinajstić information content (AvgIpc) is 3.83. The number of benzene rings is 6. The van der Waals surface area contributed by atoms with Crippen LogP contribution >= 0.6 is 0 Å². The van der Waals surface area contributed by atoms with Crippen molar-refractivity contribution in [3.05, 3.63) is 217 Å². The highest BCUT2D eigenvalue weighted by Crippen LogP contribution is 2.40. The second-order valence-electron chi connectivity index (χ2n) is 14.8. The predicted octanol–water partition coefficient (Wildman–Crippen LogP) is 15.4. The van der Waals surface area contributed by atoms with Gasteiger partial charge < -0.3 is 13.7 Å². The molecule has 3 nitrogen and oxygen atoms in total. The fourth-order valence-corrected chi connectivity index (χ4v) is 8.48. The van der Waals surface area contributed by atoms with Crippen molar-refractivity contribution in [2.24, 2.45) is 5.92 Å². The smallest absolute Gasteiger partial charge is 0.143 e. The van der Waals surface area contributed by atoms with Crippen LogP contribution in [0.25, 0.3) is 66.3 Å². The fourth-order valence-electron chi connectivity index (χ4n) is 8.48. The van der Waals surface area contributed by atoms with Gasteiger partial charge in [0.2, 0.25) is 0 Å². The molecule has 0 bridgehead atoms. The summed E-state index contributed by atoms with van der Waals surface area (Å²) < 4.78 is 12.8. The van der Waals surface area contributed by atoms with Crippen molar-refractivity contribution in [3.63, 3.8) is 0 Å². The molecule has 2 heterocycles. The Bertz CT molecular complexity index is 3060. The normalized spacial score (nSPS) is 17.8. The van der Waals surface area contributed by atoms with Gasteiger partial charge in [0.1, 0.15) is 22.3 Å². The van der Waals surface area contributed by atoms with E-state index in [1.165, 1.54) is 22.1 Å². The first kappa shape index (κ1) is 34.4. The Hall–Kier alpha value is -7.10. The van der Waals surface area contributed by atoms with E-state index in [0.29, 0.717) is 5.92 Å². The van der Waals surface area contributed by atoms with Crippen LogP contribution in [0.3, 0.4) is 0 Å². The van der Waals surface area contributed by atoms with Crippen molar-refractivity contribution in [2.45, 2.75) is 19.3 Å². The lowest BCUT2D eigenvalue weighted by atomic mass is 9.81. The third-order valence-corrected chi connectivity index (χ3v) is 11.2. The molecule has 274 valence electrons. The summed E-state index contributed by atoms with van der Waals surface area (Å²) in [5.41, 5.74) is 11.6. The molecule has 8 aromatic rings. The van der Waals surface area contributed by atoms with Crippen molar-refractivity contribution in [2.75, 3.05) is 4.90 Å². The molecule has 2 aliphatic rings. The molecule has 0 N–H and O–H groups in total. The molecule has 10 rings (SSSR count). The van der Waals surface area contributed by atoms with Crippen LogP contribution in [0.2, 0.25) is 0 Å². The van der Waals surface area contributed by atoms with Crippen LogP contribution in [0, 0.1) is 5.92 Å². The number of furan rings is 2. The van der Waals surface area contributed by atoms with E-state index in [9.17, 15) is 0 Å². The molecule has 1 atom stereocenters. The highest BCUT2D eigenvalue weighted by atomic mass is 16.3. The Balaban J connectivity index is 1.13. The monoisotopic (exact) mass is 735 g/mol.